The van der Waals surface area contributed by atoms with E-state index in [0.29, 0.717) is 14.9 Å². The number of thioether (sulfide) groups is 1. The molecule has 1 fully saturated rings. The second-order valence-corrected chi connectivity index (χ2v) is 12.2. The van der Waals surface area contributed by atoms with Gasteiger partial charge in [0.2, 0.25) is 10.0 Å². The number of nitrogens with zero attached hydrogens (tertiary/aromatic N) is 4. The zero-order valence-corrected chi connectivity index (χ0v) is 22.3. The molecule has 2 heterocycles. The highest BCUT2D eigenvalue weighted by Gasteiger charge is 2.35. The van der Waals surface area contributed by atoms with Gasteiger partial charge in [-0.2, -0.15) is 5.10 Å². The Hall–Kier alpha value is -2.79. The second kappa shape index (κ2) is 10.1. The van der Waals surface area contributed by atoms with Crippen LogP contribution in [-0.4, -0.2) is 57.8 Å². The molecule has 3 aromatic rings. The zero-order chi connectivity index (χ0) is 25.3. The number of amides is 1. The van der Waals surface area contributed by atoms with Gasteiger partial charge in [0.05, 0.1) is 21.2 Å². The van der Waals surface area contributed by atoms with E-state index < -0.39 is 10.0 Å². The highest BCUT2D eigenvalue weighted by Crippen LogP contribution is 2.36. The number of carbonyl (C=O) groups excluding carboxylic acids is 1. The number of aromatic nitrogens is 2. The first kappa shape index (κ1) is 25.3. The molecule has 2 aromatic carbocycles. The molecule has 7 nitrogen and oxygen atoms in total. The van der Waals surface area contributed by atoms with Crippen molar-refractivity contribution in [2.75, 3.05) is 14.1 Å². The van der Waals surface area contributed by atoms with E-state index in [2.05, 4.69) is 0 Å². The van der Waals surface area contributed by atoms with Crippen molar-refractivity contribution in [1.29, 1.82) is 0 Å². The average molecular weight is 527 g/mol. The molecule has 1 saturated heterocycles. The fourth-order valence-electron chi connectivity index (χ4n) is 3.61. The summed E-state index contributed by atoms with van der Waals surface area (Å²) in [6, 6.07) is 16.3. The van der Waals surface area contributed by atoms with Gasteiger partial charge < -0.3 is 0 Å². The Morgan fingerprint density at radius 3 is 2.37 bits per heavy atom. The Morgan fingerprint density at radius 2 is 1.77 bits per heavy atom. The molecule has 0 aliphatic carbocycles. The lowest BCUT2D eigenvalue weighted by Crippen LogP contribution is -2.36. The van der Waals surface area contributed by atoms with Gasteiger partial charge in [0.25, 0.3) is 5.91 Å². The molecule has 0 N–H and O–H groups in total. The molecule has 0 radical (unpaired) electrons. The fourth-order valence-corrected chi connectivity index (χ4v) is 5.96. The van der Waals surface area contributed by atoms with Crippen molar-refractivity contribution >= 4 is 50.3 Å². The molecule has 35 heavy (non-hydrogen) atoms. The van der Waals surface area contributed by atoms with Crippen LogP contribution in [0.1, 0.15) is 25.8 Å². The van der Waals surface area contributed by atoms with Crippen molar-refractivity contribution in [3.05, 3.63) is 71.3 Å². The number of sulfonamides is 1. The predicted molar refractivity (Wildman–Crippen MR) is 145 cm³/mol. The third-order valence-electron chi connectivity index (χ3n) is 5.81. The molecule has 0 saturated carbocycles. The maximum atomic E-state index is 13.1. The molecule has 0 spiro atoms. The molecule has 0 bridgehead atoms. The summed E-state index contributed by atoms with van der Waals surface area (Å²) in [6.45, 7) is 4.00. The monoisotopic (exact) mass is 526 g/mol. The second-order valence-electron chi connectivity index (χ2n) is 8.33. The summed E-state index contributed by atoms with van der Waals surface area (Å²) in [5, 5.41) is 4.78. The summed E-state index contributed by atoms with van der Waals surface area (Å²) >= 11 is 6.76. The molecule has 4 rings (SSSR count). The molecule has 182 valence electrons. The minimum Gasteiger partial charge on any atom is -0.290 e. The predicted octanol–water partition coefficient (Wildman–Crippen LogP) is 4.79. The Labute approximate surface area is 215 Å². The highest BCUT2D eigenvalue weighted by atomic mass is 32.2. The number of hydrogen-bond donors (Lipinski definition) is 0. The van der Waals surface area contributed by atoms with Crippen LogP contribution >= 0.6 is 24.0 Å². The molecule has 1 atom stereocenters. The smallest absolute Gasteiger partial charge is 0.266 e. The van der Waals surface area contributed by atoms with Gasteiger partial charge in [0.1, 0.15) is 4.32 Å². The van der Waals surface area contributed by atoms with Crippen molar-refractivity contribution < 1.29 is 13.2 Å². The summed E-state index contributed by atoms with van der Waals surface area (Å²) in [5.74, 6) is -0.111. The van der Waals surface area contributed by atoms with Crippen LogP contribution in [0.3, 0.4) is 0 Å². The SMILES string of the molecule is CCC(C)N1C(=O)C(=Cc2cn(-c3ccccc3)nc2-c2ccc(S(=O)(=O)N(C)C)cc2)SC1=S. The fraction of sp³-hybridized carbons (Fsp3) is 0.240. The number of para-hydroxylation sites is 1. The van der Waals surface area contributed by atoms with E-state index in [9.17, 15) is 13.2 Å². The van der Waals surface area contributed by atoms with Crippen LogP contribution < -0.4 is 0 Å². The number of rotatable bonds is 7. The summed E-state index contributed by atoms with van der Waals surface area (Å²) in [4.78, 5) is 15.5. The lowest BCUT2D eigenvalue weighted by molar-refractivity contribution is -0.123. The third kappa shape index (κ3) is 4.97. The number of benzene rings is 2. The Morgan fingerprint density at radius 1 is 1.11 bits per heavy atom. The normalized spacial score (nSPS) is 16.5. The molecule has 1 amide bonds. The van der Waals surface area contributed by atoms with Crippen LogP contribution in [0, 0.1) is 0 Å². The Balaban J connectivity index is 1.80. The largest absolute Gasteiger partial charge is 0.290 e. The van der Waals surface area contributed by atoms with Crippen LogP contribution in [0.4, 0.5) is 0 Å². The van der Waals surface area contributed by atoms with Crippen LogP contribution in [0.15, 0.2) is 70.6 Å². The average Bonchev–Trinajstić information content (AvgIpc) is 3.39. The van der Waals surface area contributed by atoms with E-state index in [1.807, 2.05) is 56.5 Å². The molecular formula is C25H26N4O3S3. The first-order valence-electron chi connectivity index (χ1n) is 11.1. The summed E-state index contributed by atoms with van der Waals surface area (Å²) in [6.07, 6.45) is 4.48. The molecule has 10 heteroatoms. The topological polar surface area (TPSA) is 75.5 Å². The molecule has 1 aromatic heterocycles. The van der Waals surface area contributed by atoms with Crippen LogP contribution in [0.5, 0.6) is 0 Å². The Bertz CT molecular complexity index is 1400. The molecule has 1 aliphatic heterocycles. The van der Waals surface area contributed by atoms with Gasteiger partial charge in [-0.1, -0.05) is 61.2 Å². The van der Waals surface area contributed by atoms with Crippen LogP contribution in [0.2, 0.25) is 0 Å². The first-order chi connectivity index (χ1) is 16.6. The van der Waals surface area contributed by atoms with E-state index >= 15 is 0 Å². The molecular weight excluding hydrogens is 501 g/mol. The molecule has 1 aliphatic rings. The van der Waals surface area contributed by atoms with E-state index in [0.717, 1.165) is 23.2 Å². The minimum absolute atomic E-state index is 0.0195. The van der Waals surface area contributed by atoms with Gasteiger partial charge in [-0.3, -0.25) is 9.69 Å². The number of hydrogen-bond acceptors (Lipinski definition) is 6. The van der Waals surface area contributed by atoms with Crippen molar-refractivity contribution in [3.63, 3.8) is 0 Å². The first-order valence-corrected chi connectivity index (χ1v) is 13.7. The van der Waals surface area contributed by atoms with Crippen molar-refractivity contribution in [1.82, 2.24) is 19.0 Å². The lowest BCUT2D eigenvalue weighted by atomic mass is 10.1. The third-order valence-corrected chi connectivity index (χ3v) is 8.97. The quantitative estimate of drug-likeness (QED) is 0.326. The van der Waals surface area contributed by atoms with Crippen LogP contribution in [0.25, 0.3) is 23.0 Å². The van der Waals surface area contributed by atoms with Crippen molar-refractivity contribution in [2.45, 2.75) is 31.2 Å². The van der Waals surface area contributed by atoms with Crippen molar-refractivity contribution in [3.8, 4) is 16.9 Å². The highest BCUT2D eigenvalue weighted by molar-refractivity contribution is 8.26. The van der Waals surface area contributed by atoms with Gasteiger partial charge in [-0.15, -0.1) is 0 Å². The van der Waals surface area contributed by atoms with Crippen molar-refractivity contribution in [2.24, 2.45) is 0 Å². The van der Waals surface area contributed by atoms with Gasteiger partial charge >= 0.3 is 0 Å². The van der Waals surface area contributed by atoms with Gasteiger partial charge in [0.15, 0.2) is 0 Å². The van der Waals surface area contributed by atoms with Gasteiger partial charge in [-0.25, -0.2) is 17.4 Å². The van der Waals surface area contributed by atoms with E-state index in [4.69, 9.17) is 17.3 Å². The van der Waals surface area contributed by atoms with E-state index in [-0.39, 0.29) is 16.8 Å². The lowest BCUT2D eigenvalue weighted by Gasteiger charge is -2.21. The van der Waals surface area contributed by atoms with E-state index in [1.54, 1.807) is 33.8 Å². The summed E-state index contributed by atoms with van der Waals surface area (Å²) < 4.78 is 28.4. The number of carbonyl (C=O) groups is 1. The molecule has 1 unspecified atom stereocenters. The van der Waals surface area contributed by atoms with Gasteiger partial charge in [-0.05, 0) is 43.7 Å². The minimum atomic E-state index is -3.54. The summed E-state index contributed by atoms with van der Waals surface area (Å²) in [5.41, 5.74) is 2.98. The summed E-state index contributed by atoms with van der Waals surface area (Å²) in [7, 11) is -0.548. The van der Waals surface area contributed by atoms with Gasteiger partial charge in [0, 0.05) is 37.5 Å². The maximum absolute atomic E-state index is 13.1. The number of thiocarbonyl (C=S) groups is 1. The Kier molecular flexibility index (Phi) is 7.27. The van der Waals surface area contributed by atoms with E-state index in [1.165, 1.54) is 30.2 Å². The maximum Gasteiger partial charge on any atom is 0.266 e. The zero-order valence-electron chi connectivity index (χ0n) is 19.9. The standard InChI is InChI=1S/C25H26N4O3S3/c1-5-17(2)29-24(30)22(34-25(29)33)15-19-16-28(20-9-7-6-8-10-20)26-23(19)18-11-13-21(14-12-18)35(31,32)27(3)4/h6-17H,5H2,1-4H3. The van der Waals surface area contributed by atoms with Crippen LogP contribution in [-0.2, 0) is 14.8 Å².